The maximum absolute atomic E-state index is 11.2. The molecule has 3 N–H and O–H groups in total. The van der Waals surface area contributed by atoms with Crippen LogP contribution in [0.15, 0.2) is 24.7 Å². The molecule has 4 heterocycles. The highest BCUT2D eigenvalue weighted by atomic mass is 16.5. The highest BCUT2D eigenvalue weighted by Crippen LogP contribution is 2.40. The molecule has 5 rings (SSSR count). The lowest BCUT2D eigenvalue weighted by atomic mass is 9.78. The number of aliphatic hydroxyl groups is 2. The van der Waals surface area contributed by atoms with Gasteiger partial charge in [0.2, 0.25) is 5.95 Å². The van der Waals surface area contributed by atoms with Crippen molar-refractivity contribution in [3.8, 4) is 11.1 Å². The van der Waals surface area contributed by atoms with E-state index >= 15 is 0 Å². The van der Waals surface area contributed by atoms with Gasteiger partial charge in [-0.05, 0) is 59.4 Å². The van der Waals surface area contributed by atoms with E-state index in [9.17, 15) is 10.2 Å². The van der Waals surface area contributed by atoms with E-state index in [0.717, 1.165) is 48.0 Å². The van der Waals surface area contributed by atoms with Crippen molar-refractivity contribution >= 4 is 11.5 Å². The van der Waals surface area contributed by atoms with Crippen molar-refractivity contribution in [3.63, 3.8) is 0 Å². The standard InChI is InChI=1S/C28H43N7O4/c1-19(18-38-5)31-26-29-16-24-22(14-23(35(24)32-26)20-6-8-28(4,37)9-7-20)21-15-30-34(17-21)27(2,3)25(36)33-10-12-39-13-11-33/h14-17,19-20,25,36-37H,6-13,18H2,1-5H3,(H,31,32)/t19-,20-,25?,28+/m0/s1. The predicted octanol–water partition coefficient (Wildman–Crippen LogP) is 2.83. The Kier molecular flexibility index (Phi) is 7.98. The summed E-state index contributed by atoms with van der Waals surface area (Å²) in [5.41, 5.74) is 2.70. The summed E-state index contributed by atoms with van der Waals surface area (Å²) in [6.07, 6.45) is 8.31. The van der Waals surface area contributed by atoms with Gasteiger partial charge in [-0.2, -0.15) is 5.10 Å². The minimum atomic E-state index is -0.698. The Morgan fingerprint density at radius 2 is 1.95 bits per heavy atom. The van der Waals surface area contributed by atoms with Gasteiger partial charge in [0.1, 0.15) is 6.23 Å². The third-order valence-electron chi connectivity index (χ3n) is 8.33. The molecule has 1 saturated carbocycles. The number of ether oxygens (including phenoxy) is 2. The smallest absolute Gasteiger partial charge is 0.241 e. The molecule has 2 atom stereocenters. The molecule has 11 nitrogen and oxygen atoms in total. The molecule has 1 unspecified atom stereocenters. The van der Waals surface area contributed by atoms with Crippen molar-refractivity contribution in [2.75, 3.05) is 45.3 Å². The van der Waals surface area contributed by atoms with E-state index in [1.807, 2.05) is 60.4 Å². The van der Waals surface area contributed by atoms with Crippen LogP contribution in [0, 0.1) is 0 Å². The fourth-order valence-electron chi connectivity index (χ4n) is 5.81. The molecule has 2 aliphatic rings. The molecular formula is C28H43N7O4. The Hall–Kier alpha value is -2.57. The number of aromatic nitrogens is 5. The summed E-state index contributed by atoms with van der Waals surface area (Å²) in [7, 11) is 1.68. The van der Waals surface area contributed by atoms with Crippen LogP contribution in [0.1, 0.15) is 65.0 Å². The van der Waals surface area contributed by atoms with E-state index < -0.39 is 17.4 Å². The summed E-state index contributed by atoms with van der Waals surface area (Å²) in [4.78, 5) is 6.66. The van der Waals surface area contributed by atoms with Crippen LogP contribution >= 0.6 is 0 Å². The third kappa shape index (κ3) is 5.83. The normalized spacial score (nSPS) is 24.6. The Labute approximate surface area is 230 Å². The molecule has 0 bridgehead atoms. The first-order valence-electron chi connectivity index (χ1n) is 14.0. The number of nitrogens with one attached hydrogen (secondary N) is 1. The predicted molar refractivity (Wildman–Crippen MR) is 149 cm³/mol. The molecule has 2 fully saturated rings. The second-order valence-corrected chi connectivity index (χ2v) is 12.0. The zero-order valence-electron chi connectivity index (χ0n) is 23.8. The summed E-state index contributed by atoms with van der Waals surface area (Å²) in [5, 5.41) is 34.7. The van der Waals surface area contributed by atoms with Crippen molar-refractivity contribution in [2.24, 2.45) is 0 Å². The van der Waals surface area contributed by atoms with Crippen molar-refractivity contribution in [2.45, 2.75) is 82.7 Å². The average molecular weight is 542 g/mol. The third-order valence-corrected chi connectivity index (χ3v) is 8.33. The quantitative estimate of drug-likeness (QED) is 0.375. The second kappa shape index (κ2) is 11.1. The molecule has 0 radical (unpaired) electrons. The molecule has 39 heavy (non-hydrogen) atoms. The van der Waals surface area contributed by atoms with Crippen LogP contribution in [0.3, 0.4) is 0 Å². The number of nitrogens with zero attached hydrogens (tertiary/aromatic N) is 6. The first-order valence-corrected chi connectivity index (χ1v) is 14.0. The number of methoxy groups -OCH3 is 1. The number of aliphatic hydroxyl groups excluding tert-OH is 1. The molecule has 3 aromatic heterocycles. The molecule has 11 heteroatoms. The average Bonchev–Trinajstić information content (AvgIpc) is 3.55. The minimum Gasteiger partial charge on any atom is -0.390 e. The van der Waals surface area contributed by atoms with Gasteiger partial charge >= 0.3 is 0 Å². The first kappa shape index (κ1) is 28.0. The van der Waals surface area contributed by atoms with Gasteiger partial charge in [0.15, 0.2) is 0 Å². The van der Waals surface area contributed by atoms with E-state index in [1.165, 1.54) is 0 Å². The molecule has 214 valence electrons. The highest BCUT2D eigenvalue weighted by Gasteiger charge is 2.36. The van der Waals surface area contributed by atoms with E-state index in [0.29, 0.717) is 38.9 Å². The van der Waals surface area contributed by atoms with Crippen LogP contribution < -0.4 is 5.32 Å². The molecule has 0 amide bonds. The summed E-state index contributed by atoms with van der Waals surface area (Å²) >= 11 is 0. The fraction of sp³-hybridized carbons (Fsp3) is 0.679. The molecule has 0 spiro atoms. The topological polar surface area (TPSA) is 122 Å². The van der Waals surface area contributed by atoms with Crippen LogP contribution in [0.25, 0.3) is 16.6 Å². The molecule has 1 saturated heterocycles. The van der Waals surface area contributed by atoms with Crippen LogP contribution in [0.5, 0.6) is 0 Å². The van der Waals surface area contributed by atoms with Crippen LogP contribution in [-0.4, -0.2) is 97.4 Å². The molecule has 1 aliphatic carbocycles. The van der Waals surface area contributed by atoms with Crippen molar-refractivity contribution in [1.82, 2.24) is 29.3 Å². The Bertz CT molecular complexity index is 1250. The number of anilines is 1. The van der Waals surface area contributed by atoms with Crippen LogP contribution in [0.2, 0.25) is 0 Å². The fourth-order valence-corrected chi connectivity index (χ4v) is 5.81. The Morgan fingerprint density at radius 1 is 1.23 bits per heavy atom. The highest BCUT2D eigenvalue weighted by molar-refractivity contribution is 5.81. The van der Waals surface area contributed by atoms with Gasteiger partial charge in [-0.3, -0.25) is 9.58 Å². The zero-order valence-corrected chi connectivity index (χ0v) is 23.8. The van der Waals surface area contributed by atoms with Crippen LogP contribution in [-0.2, 0) is 15.0 Å². The van der Waals surface area contributed by atoms with Gasteiger partial charge in [-0.25, -0.2) is 9.50 Å². The zero-order chi connectivity index (χ0) is 27.8. The first-order chi connectivity index (χ1) is 18.6. The lowest BCUT2D eigenvalue weighted by Gasteiger charge is -2.40. The van der Waals surface area contributed by atoms with Gasteiger partial charge < -0.3 is 25.0 Å². The molecule has 3 aromatic rings. The van der Waals surface area contributed by atoms with E-state index in [4.69, 9.17) is 19.7 Å². The van der Waals surface area contributed by atoms with Crippen LogP contribution in [0.4, 0.5) is 5.95 Å². The summed E-state index contributed by atoms with van der Waals surface area (Å²) in [5.74, 6) is 0.823. The van der Waals surface area contributed by atoms with Gasteiger partial charge in [0.25, 0.3) is 0 Å². The molecular weight excluding hydrogens is 498 g/mol. The molecule has 1 aliphatic heterocycles. The minimum absolute atomic E-state index is 0.0640. The lowest BCUT2D eigenvalue weighted by molar-refractivity contribution is -0.110. The largest absolute Gasteiger partial charge is 0.390 e. The number of rotatable bonds is 9. The van der Waals surface area contributed by atoms with Crippen molar-refractivity contribution in [1.29, 1.82) is 0 Å². The van der Waals surface area contributed by atoms with E-state index in [2.05, 4.69) is 16.4 Å². The number of hydrogen-bond donors (Lipinski definition) is 3. The maximum Gasteiger partial charge on any atom is 0.241 e. The summed E-state index contributed by atoms with van der Waals surface area (Å²) in [6.45, 7) is 11.1. The second-order valence-electron chi connectivity index (χ2n) is 12.0. The van der Waals surface area contributed by atoms with E-state index in [1.54, 1.807) is 7.11 Å². The Morgan fingerprint density at radius 3 is 2.64 bits per heavy atom. The van der Waals surface area contributed by atoms with Gasteiger partial charge in [0.05, 0.1) is 48.9 Å². The SMILES string of the molecule is COC[C@H](C)Nc1ncc2c(-c3cnn(C(C)(C)C(O)N4CCOCC4)c3)cc([C@H]3CC[C@@](C)(O)CC3)n2n1. The monoisotopic (exact) mass is 541 g/mol. The lowest BCUT2D eigenvalue weighted by Crippen LogP contribution is -2.54. The van der Waals surface area contributed by atoms with Crippen molar-refractivity contribution in [3.05, 3.63) is 30.4 Å². The van der Waals surface area contributed by atoms with Gasteiger partial charge in [-0.1, -0.05) is 0 Å². The number of hydrogen-bond acceptors (Lipinski definition) is 9. The Balaban J connectivity index is 1.49. The van der Waals surface area contributed by atoms with Gasteiger partial charge in [-0.15, -0.1) is 5.10 Å². The van der Waals surface area contributed by atoms with E-state index in [-0.39, 0.29) is 12.0 Å². The summed E-state index contributed by atoms with van der Waals surface area (Å²) in [6, 6.07) is 2.26. The van der Waals surface area contributed by atoms with Gasteiger partial charge in [0, 0.05) is 55.2 Å². The number of morpholine rings is 1. The maximum atomic E-state index is 11.2. The summed E-state index contributed by atoms with van der Waals surface area (Å²) < 4.78 is 14.6. The number of fused-ring (bicyclic) bond motifs is 1. The molecule has 0 aromatic carbocycles. The van der Waals surface area contributed by atoms with Crippen molar-refractivity contribution < 1.29 is 19.7 Å².